The third-order valence-corrected chi connectivity index (χ3v) is 4.43. The van der Waals surface area contributed by atoms with Crippen LogP contribution in [-0.2, 0) is 4.79 Å². The molecule has 1 saturated heterocycles. The van der Waals surface area contributed by atoms with E-state index >= 15 is 0 Å². The second kappa shape index (κ2) is 5.94. The van der Waals surface area contributed by atoms with Gasteiger partial charge in [0.15, 0.2) is 6.04 Å². The summed E-state index contributed by atoms with van der Waals surface area (Å²) in [5.74, 6) is -0.485. The van der Waals surface area contributed by atoms with E-state index in [1.54, 1.807) is 13.8 Å². The molecular weight excluding hydrogens is 351 g/mol. The SMILES string of the molecule is CC1(C)CC(=O)NN1C(c1ccc2ccc([N+](=O)[O-])cc2c1)C(F)(F)F. The number of halogens is 3. The summed E-state index contributed by atoms with van der Waals surface area (Å²) in [4.78, 5) is 22.0. The van der Waals surface area contributed by atoms with Crippen molar-refractivity contribution in [1.29, 1.82) is 0 Å². The van der Waals surface area contributed by atoms with Crippen LogP contribution in [0.3, 0.4) is 0 Å². The summed E-state index contributed by atoms with van der Waals surface area (Å²) in [6.07, 6.45) is -4.71. The zero-order chi connectivity index (χ0) is 19.3. The second-order valence-electron chi connectivity index (χ2n) is 6.89. The van der Waals surface area contributed by atoms with Crippen molar-refractivity contribution in [2.24, 2.45) is 0 Å². The molecule has 1 unspecified atom stereocenters. The molecule has 6 nitrogen and oxygen atoms in total. The lowest BCUT2D eigenvalue weighted by molar-refractivity contribution is -0.384. The molecule has 1 aliphatic rings. The number of carbonyl (C=O) groups is 1. The maximum absolute atomic E-state index is 13.8. The van der Waals surface area contributed by atoms with Gasteiger partial charge in [-0.15, -0.1) is 0 Å². The lowest BCUT2D eigenvalue weighted by atomic mass is 9.95. The van der Waals surface area contributed by atoms with E-state index in [-0.39, 0.29) is 17.7 Å². The number of amides is 1. The van der Waals surface area contributed by atoms with Crippen LogP contribution in [0.2, 0.25) is 0 Å². The lowest BCUT2D eigenvalue weighted by Gasteiger charge is -2.38. The van der Waals surface area contributed by atoms with Gasteiger partial charge in [-0.1, -0.05) is 12.1 Å². The number of hydrazine groups is 1. The molecule has 2 aromatic rings. The van der Waals surface area contributed by atoms with Gasteiger partial charge >= 0.3 is 6.18 Å². The van der Waals surface area contributed by atoms with Crippen LogP contribution in [-0.4, -0.2) is 27.6 Å². The van der Waals surface area contributed by atoms with Gasteiger partial charge < -0.3 is 0 Å². The molecule has 26 heavy (non-hydrogen) atoms. The molecule has 1 aliphatic heterocycles. The van der Waals surface area contributed by atoms with Gasteiger partial charge in [-0.2, -0.15) is 18.2 Å². The number of nitrogens with zero attached hydrogens (tertiary/aromatic N) is 2. The molecule has 1 atom stereocenters. The van der Waals surface area contributed by atoms with Crippen LogP contribution in [0, 0.1) is 10.1 Å². The molecule has 138 valence electrons. The minimum absolute atomic E-state index is 0.0569. The summed E-state index contributed by atoms with van der Waals surface area (Å²) in [5, 5.41) is 12.7. The first-order valence-electron chi connectivity index (χ1n) is 7.83. The Balaban J connectivity index is 2.12. The molecule has 1 heterocycles. The number of non-ortho nitro benzene ring substituents is 1. The topological polar surface area (TPSA) is 75.5 Å². The van der Waals surface area contributed by atoms with Gasteiger partial charge in [0, 0.05) is 24.1 Å². The fraction of sp³-hybridized carbons (Fsp3) is 0.353. The third kappa shape index (κ3) is 3.22. The van der Waals surface area contributed by atoms with E-state index in [9.17, 15) is 28.1 Å². The maximum Gasteiger partial charge on any atom is 0.409 e. The molecule has 0 aliphatic carbocycles. The van der Waals surface area contributed by atoms with E-state index < -0.39 is 28.6 Å². The van der Waals surface area contributed by atoms with Crippen molar-refractivity contribution in [2.75, 3.05) is 0 Å². The molecule has 1 fully saturated rings. The smallest absolute Gasteiger partial charge is 0.287 e. The van der Waals surface area contributed by atoms with Crippen LogP contribution in [0.15, 0.2) is 36.4 Å². The summed E-state index contributed by atoms with van der Waals surface area (Å²) in [5.41, 5.74) is 0.963. The highest BCUT2D eigenvalue weighted by atomic mass is 19.4. The number of hydrogen-bond acceptors (Lipinski definition) is 4. The van der Waals surface area contributed by atoms with E-state index in [0.717, 1.165) is 5.01 Å². The van der Waals surface area contributed by atoms with Crippen molar-refractivity contribution in [3.05, 3.63) is 52.1 Å². The number of carbonyl (C=O) groups excluding carboxylic acids is 1. The number of nitrogens with one attached hydrogen (secondary N) is 1. The van der Waals surface area contributed by atoms with E-state index in [4.69, 9.17) is 0 Å². The lowest BCUT2D eigenvalue weighted by Crippen LogP contribution is -2.51. The predicted molar refractivity (Wildman–Crippen MR) is 88.1 cm³/mol. The highest BCUT2D eigenvalue weighted by molar-refractivity contribution is 5.85. The van der Waals surface area contributed by atoms with Crippen molar-refractivity contribution >= 4 is 22.4 Å². The average molecular weight is 367 g/mol. The minimum Gasteiger partial charge on any atom is -0.287 e. The zero-order valence-electron chi connectivity index (χ0n) is 14.0. The summed E-state index contributed by atoms with van der Waals surface area (Å²) < 4.78 is 41.5. The van der Waals surface area contributed by atoms with Crippen molar-refractivity contribution in [2.45, 2.75) is 38.0 Å². The highest BCUT2D eigenvalue weighted by Gasteiger charge is 2.52. The number of nitro groups is 1. The van der Waals surface area contributed by atoms with Crippen molar-refractivity contribution in [3.63, 3.8) is 0 Å². The Labute approximate surface area is 146 Å². The van der Waals surface area contributed by atoms with Gasteiger partial charge in [-0.05, 0) is 42.3 Å². The molecular formula is C17H16F3N3O3. The summed E-state index contributed by atoms with van der Waals surface area (Å²) in [6, 6.07) is 6.05. The maximum atomic E-state index is 13.8. The van der Waals surface area contributed by atoms with E-state index in [1.807, 2.05) is 0 Å². The minimum atomic E-state index is -4.65. The fourth-order valence-electron chi connectivity index (χ4n) is 3.24. The van der Waals surface area contributed by atoms with E-state index in [1.165, 1.54) is 36.4 Å². The van der Waals surface area contributed by atoms with Gasteiger partial charge in [-0.25, -0.2) is 0 Å². The molecule has 2 aromatic carbocycles. The van der Waals surface area contributed by atoms with Gasteiger partial charge in [0.05, 0.1) is 4.92 Å². The first-order valence-corrected chi connectivity index (χ1v) is 7.83. The molecule has 9 heteroatoms. The first kappa shape index (κ1) is 18.1. The van der Waals surface area contributed by atoms with Crippen molar-refractivity contribution in [1.82, 2.24) is 10.4 Å². The Kier molecular flexibility index (Phi) is 4.14. The van der Waals surface area contributed by atoms with Gasteiger partial charge in [0.1, 0.15) is 0 Å². The molecule has 3 rings (SSSR count). The van der Waals surface area contributed by atoms with E-state index in [0.29, 0.717) is 10.8 Å². The number of fused-ring (bicyclic) bond motifs is 1. The number of alkyl halides is 3. The fourth-order valence-corrected chi connectivity index (χ4v) is 3.24. The van der Waals surface area contributed by atoms with Crippen molar-refractivity contribution < 1.29 is 22.9 Å². The highest BCUT2D eigenvalue weighted by Crippen LogP contribution is 2.43. The number of rotatable bonds is 3. The molecule has 1 amide bonds. The summed E-state index contributed by atoms with van der Waals surface area (Å²) in [6.45, 7) is 3.10. The quantitative estimate of drug-likeness (QED) is 0.660. The molecule has 0 aromatic heterocycles. The number of nitro benzene ring substituents is 1. The molecule has 0 radical (unpaired) electrons. The second-order valence-corrected chi connectivity index (χ2v) is 6.89. The van der Waals surface area contributed by atoms with Gasteiger partial charge in [-0.3, -0.25) is 20.3 Å². The molecule has 0 saturated carbocycles. The molecule has 0 spiro atoms. The Morgan fingerprint density at radius 1 is 1.19 bits per heavy atom. The van der Waals surface area contributed by atoms with Crippen LogP contribution in [0.25, 0.3) is 10.8 Å². The van der Waals surface area contributed by atoms with Crippen molar-refractivity contribution in [3.8, 4) is 0 Å². The zero-order valence-corrected chi connectivity index (χ0v) is 14.0. The molecule has 0 bridgehead atoms. The van der Waals surface area contributed by atoms with Gasteiger partial charge in [0.25, 0.3) is 5.69 Å². The Morgan fingerprint density at radius 2 is 1.85 bits per heavy atom. The monoisotopic (exact) mass is 367 g/mol. The third-order valence-electron chi connectivity index (χ3n) is 4.43. The average Bonchev–Trinajstić information content (AvgIpc) is 2.77. The number of hydrogen-bond donors (Lipinski definition) is 1. The largest absolute Gasteiger partial charge is 0.409 e. The van der Waals surface area contributed by atoms with Crippen LogP contribution in [0.1, 0.15) is 31.9 Å². The van der Waals surface area contributed by atoms with Gasteiger partial charge in [0.2, 0.25) is 5.91 Å². The van der Waals surface area contributed by atoms with Crippen LogP contribution in [0.5, 0.6) is 0 Å². The summed E-state index contributed by atoms with van der Waals surface area (Å²) >= 11 is 0. The Morgan fingerprint density at radius 3 is 2.38 bits per heavy atom. The Hall–Kier alpha value is -2.68. The van der Waals surface area contributed by atoms with Crippen LogP contribution in [0.4, 0.5) is 18.9 Å². The predicted octanol–water partition coefficient (Wildman–Crippen LogP) is 3.87. The standard InChI is InChI=1S/C17H16F3N3O3/c1-16(2)9-14(24)21-22(16)15(17(18,19)20)11-4-3-10-5-6-13(23(25)26)8-12(10)7-11/h3-8,15H,9H2,1-2H3,(H,21,24). The Bertz CT molecular complexity index is 896. The number of benzene rings is 2. The molecule has 1 N–H and O–H groups in total. The van der Waals surface area contributed by atoms with Crippen LogP contribution < -0.4 is 5.43 Å². The first-order chi connectivity index (χ1) is 12.0. The normalized spacial score (nSPS) is 18.7. The van der Waals surface area contributed by atoms with E-state index in [2.05, 4.69) is 5.43 Å². The van der Waals surface area contributed by atoms with Crippen LogP contribution >= 0.6 is 0 Å². The summed E-state index contributed by atoms with van der Waals surface area (Å²) in [7, 11) is 0.